The van der Waals surface area contributed by atoms with Crippen LogP contribution in [0.25, 0.3) is 11.1 Å². The van der Waals surface area contributed by atoms with Crippen LogP contribution in [0.4, 0.5) is 0 Å². The molecule has 90 valence electrons. The fourth-order valence-corrected chi connectivity index (χ4v) is 1.56. The van der Waals surface area contributed by atoms with Crippen molar-refractivity contribution >= 4 is 12.9 Å². The van der Waals surface area contributed by atoms with Gasteiger partial charge in [-0.3, -0.25) is 9.59 Å². The number of carbonyl (C=O) groups is 2. The van der Waals surface area contributed by atoms with Crippen LogP contribution >= 0.6 is 0 Å². The molecule has 0 bridgehead atoms. The summed E-state index contributed by atoms with van der Waals surface area (Å²) in [5.41, 5.74) is 1.96. The molecule has 0 saturated carbocycles. The fourth-order valence-electron chi connectivity index (χ4n) is 1.56. The predicted molar refractivity (Wildman–Crippen MR) is 65.3 cm³/mol. The van der Waals surface area contributed by atoms with Crippen LogP contribution < -0.4 is 9.47 Å². The van der Waals surface area contributed by atoms with Gasteiger partial charge in [0.05, 0.1) is 0 Å². The first kappa shape index (κ1) is 11.9. The Morgan fingerprint density at radius 2 is 0.944 bits per heavy atom. The van der Waals surface area contributed by atoms with Gasteiger partial charge in [0.25, 0.3) is 12.9 Å². The van der Waals surface area contributed by atoms with E-state index in [0.717, 1.165) is 11.1 Å². The Morgan fingerprint density at radius 1 is 0.611 bits per heavy atom. The standard InChI is InChI=1S/C14H10O4/c15-9-17-13-5-1-11(2-6-13)12-3-7-14(8-4-12)18-10-16/h1-10H. The third kappa shape index (κ3) is 2.74. The molecule has 0 spiro atoms. The van der Waals surface area contributed by atoms with Gasteiger partial charge >= 0.3 is 0 Å². The molecule has 0 amide bonds. The Balaban J connectivity index is 2.19. The smallest absolute Gasteiger partial charge is 0.298 e. The highest BCUT2D eigenvalue weighted by Gasteiger charge is 1.99. The monoisotopic (exact) mass is 242 g/mol. The maximum atomic E-state index is 10.2. The van der Waals surface area contributed by atoms with Crippen molar-refractivity contribution in [1.82, 2.24) is 0 Å². The summed E-state index contributed by atoms with van der Waals surface area (Å²) in [6, 6.07) is 14.2. The summed E-state index contributed by atoms with van der Waals surface area (Å²) in [5.74, 6) is 0.990. The Hall–Kier alpha value is -2.62. The third-order valence-corrected chi connectivity index (χ3v) is 2.41. The van der Waals surface area contributed by atoms with E-state index < -0.39 is 0 Å². The zero-order valence-corrected chi connectivity index (χ0v) is 9.41. The van der Waals surface area contributed by atoms with Crippen LogP contribution in [0.3, 0.4) is 0 Å². The van der Waals surface area contributed by atoms with Crippen LogP contribution in [-0.2, 0) is 9.59 Å². The lowest BCUT2D eigenvalue weighted by Gasteiger charge is -2.04. The van der Waals surface area contributed by atoms with Crippen LogP contribution in [0.5, 0.6) is 11.5 Å². The molecular formula is C14H10O4. The van der Waals surface area contributed by atoms with E-state index in [1.54, 1.807) is 24.3 Å². The fraction of sp³-hybridized carbons (Fsp3) is 0. The van der Waals surface area contributed by atoms with E-state index in [4.69, 9.17) is 9.47 Å². The maximum absolute atomic E-state index is 10.2. The molecule has 0 N–H and O–H groups in total. The van der Waals surface area contributed by atoms with Crippen molar-refractivity contribution < 1.29 is 19.1 Å². The molecule has 4 nitrogen and oxygen atoms in total. The van der Waals surface area contributed by atoms with E-state index in [2.05, 4.69) is 0 Å². The molecule has 0 heterocycles. The second-order valence-electron chi connectivity index (χ2n) is 3.48. The lowest BCUT2D eigenvalue weighted by molar-refractivity contribution is -0.121. The van der Waals surface area contributed by atoms with Crippen molar-refractivity contribution in [2.24, 2.45) is 0 Å². The third-order valence-electron chi connectivity index (χ3n) is 2.41. The molecule has 0 atom stereocenters. The van der Waals surface area contributed by atoms with Crippen LogP contribution in [0.2, 0.25) is 0 Å². The predicted octanol–water partition coefficient (Wildman–Crippen LogP) is 2.42. The minimum absolute atomic E-state index is 0.389. The van der Waals surface area contributed by atoms with Gasteiger partial charge in [0.1, 0.15) is 11.5 Å². The normalized spacial score (nSPS) is 9.56. The van der Waals surface area contributed by atoms with Gasteiger partial charge in [-0.15, -0.1) is 0 Å². The summed E-state index contributed by atoms with van der Waals surface area (Å²) in [7, 11) is 0. The quantitative estimate of drug-likeness (QED) is 0.755. The minimum atomic E-state index is 0.389. The number of rotatable bonds is 5. The molecule has 0 aliphatic heterocycles. The van der Waals surface area contributed by atoms with Crippen molar-refractivity contribution in [3.63, 3.8) is 0 Å². The summed E-state index contributed by atoms with van der Waals surface area (Å²) in [6.45, 7) is 0.779. The first-order chi connectivity index (χ1) is 8.83. The lowest BCUT2D eigenvalue weighted by Crippen LogP contribution is -1.89. The molecule has 0 aromatic heterocycles. The molecule has 0 radical (unpaired) electrons. The van der Waals surface area contributed by atoms with Crippen LogP contribution in [0.15, 0.2) is 48.5 Å². The lowest BCUT2D eigenvalue weighted by atomic mass is 10.1. The minimum Gasteiger partial charge on any atom is -0.429 e. The van der Waals surface area contributed by atoms with Crippen molar-refractivity contribution in [3.8, 4) is 22.6 Å². The zero-order valence-electron chi connectivity index (χ0n) is 9.41. The summed E-state index contributed by atoms with van der Waals surface area (Å²) in [4.78, 5) is 20.3. The van der Waals surface area contributed by atoms with E-state index in [-0.39, 0.29) is 0 Å². The number of ether oxygens (including phenoxy) is 2. The Kier molecular flexibility index (Phi) is 3.71. The van der Waals surface area contributed by atoms with Gasteiger partial charge in [0.2, 0.25) is 0 Å². The topological polar surface area (TPSA) is 52.6 Å². The largest absolute Gasteiger partial charge is 0.429 e. The van der Waals surface area contributed by atoms with E-state index in [1.165, 1.54) is 0 Å². The maximum Gasteiger partial charge on any atom is 0.298 e. The van der Waals surface area contributed by atoms with E-state index in [9.17, 15) is 9.59 Å². The van der Waals surface area contributed by atoms with Gasteiger partial charge in [-0.25, -0.2) is 0 Å². The molecule has 2 aromatic rings. The van der Waals surface area contributed by atoms with Crippen LogP contribution in [0.1, 0.15) is 0 Å². The van der Waals surface area contributed by atoms with Crippen molar-refractivity contribution in [3.05, 3.63) is 48.5 Å². The highest BCUT2D eigenvalue weighted by molar-refractivity contribution is 5.65. The molecule has 0 unspecified atom stereocenters. The Bertz CT molecular complexity index is 477. The van der Waals surface area contributed by atoms with Crippen molar-refractivity contribution in [2.45, 2.75) is 0 Å². The SMILES string of the molecule is O=COc1ccc(-c2ccc(OC=O)cc2)cc1. The number of hydrogen-bond acceptors (Lipinski definition) is 4. The number of benzene rings is 2. The van der Waals surface area contributed by atoms with Gasteiger partial charge in [-0.05, 0) is 35.4 Å². The second kappa shape index (κ2) is 5.63. The van der Waals surface area contributed by atoms with E-state index in [0.29, 0.717) is 24.4 Å². The first-order valence-electron chi connectivity index (χ1n) is 5.24. The number of hydrogen-bond donors (Lipinski definition) is 0. The zero-order chi connectivity index (χ0) is 12.8. The van der Waals surface area contributed by atoms with Gasteiger partial charge in [0, 0.05) is 0 Å². The molecule has 0 aliphatic carbocycles. The van der Waals surface area contributed by atoms with Crippen LogP contribution in [0, 0.1) is 0 Å². The van der Waals surface area contributed by atoms with Crippen molar-refractivity contribution in [1.29, 1.82) is 0 Å². The van der Waals surface area contributed by atoms with Gasteiger partial charge in [-0.1, -0.05) is 24.3 Å². The molecule has 4 heteroatoms. The van der Waals surface area contributed by atoms with Crippen LogP contribution in [-0.4, -0.2) is 12.9 Å². The highest BCUT2D eigenvalue weighted by Crippen LogP contribution is 2.24. The molecular weight excluding hydrogens is 232 g/mol. The Labute approximate surface area is 104 Å². The van der Waals surface area contributed by atoms with Gasteiger partial charge in [0.15, 0.2) is 0 Å². The number of carbonyl (C=O) groups excluding carboxylic acids is 2. The van der Waals surface area contributed by atoms with E-state index >= 15 is 0 Å². The molecule has 0 saturated heterocycles. The van der Waals surface area contributed by atoms with Gasteiger partial charge in [-0.2, -0.15) is 0 Å². The van der Waals surface area contributed by atoms with E-state index in [1.807, 2.05) is 24.3 Å². The first-order valence-corrected chi connectivity index (χ1v) is 5.24. The summed E-state index contributed by atoms with van der Waals surface area (Å²) >= 11 is 0. The molecule has 2 rings (SSSR count). The summed E-state index contributed by atoms with van der Waals surface area (Å²) in [5, 5.41) is 0. The highest BCUT2D eigenvalue weighted by atomic mass is 16.5. The summed E-state index contributed by atoms with van der Waals surface area (Å²) in [6.07, 6.45) is 0. The second-order valence-corrected chi connectivity index (χ2v) is 3.48. The van der Waals surface area contributed by atoms with Crippen molar-refractivity contribution in [2.75, 3.05) is 0 Å². The Morgan fingerprint density at radius 3 is 1.22 bits per heavy atom. The molecule has 0 fully saturated rings. The average molecular weight is 242 g/mol. The summed E-state index contributed by atoms with van der Waals surface area (Å²) < 4.78 is 9.42. The van der Waals surface area contributed by atoms with Gasteiger partial charge < -0.3 is 9.47 Å². The molecule has 2 aromatic carbocycles. The molecule has 18 heavy (non-hydrogen) atoms. The molecule has 0 aliphatic rings. The average Bonchev–Trinajstić information content (AvgIpc) is 2.41.